The molecule has 1 aromatic rings. The summed E-state index contributed by atoms with van der Waals surface area (Å²) < 4.78 is 0. The highest BCUT2D eigenvalue weighted by molar-refractivity contribution is 5.84. The molecule has 1 aromatic heterocycles. The number of hydrogen-bond donors (Lipinski definition) is 3. The maximum absolute atomic E-state index is 11.8. The van der Waals surface area contributed by atoms with E-state index < -0.39 is 0 Å². The Balaban J connectivity index is 2.58. The Labute approximate surface area is 115 Å². The molecule has 0 aromatic carbocycles. The van der Waals surface area contributed by atoms with Crippen molar-refractivity contribution in [2.24, 2.45) is 0 Å². The summed E-state index contributed by atoms with van der Waals surface area (Å²) in [7, 11) is 0. The van der Waals surface area contributed by atoms with E-state index in [-0.39, 0.29) is 18.0 Å². The minimum atomic E-state index is -0.309. The van der Waals surface area contributed by atoms with Gasteiger partial charge in [0.15, 0.2) is 0 Å². The van der Waals surface area contributed by atoms with Crippen LogP contribution in [0.1, 0.15) is 34.1 Å². The summed E-state index contributed by atoms with van der Waals surface area (Å²) >= 11 is 0. The van der Waals surface area contributed by atoms with E-state index in [2.05, 4.69) is 27.9 Å². The topological polar surface area (TPSA) is 66.0 Å². The number of rotatable bonds is 7. The molecule has 0 saturated carbocycles. The Bertz CT molecular complexity index is 406. The molecule has 1 amide bonds. The maximum Gasteiger partial charge on any atom is 0.242 e. The van der Waals surface area contributed by atoms with Gasteiger partial charge in [0.1, 0.15) is 17.7 Å². The maximum atomic E-state index is 11.8. The summed E-state index contributed by atoms with van der Waals surface area (Å²) in [5, 5.41) is 9.19. The quantitative estimate of drug-likeness (QED) is 0.706. The molecule has 1 atom stereocenters. The average molecular weight is 264 g/mol. The Morgan fingerprint density at radius 3 is 2.58 bits per heavy atom. The summed E-state index contributed by atoms with van der Waals surface area (Å²) in [5.74, 6) is 1.50. The molecule has 5 nitrogen and oxygen atoms in total. The fourth-order valence-corrected chi connectivity index (χ4v) is 1.56. The van der Waals surface area contributed by atoms with Crippen molar-refractivity contribution in [2.75, 3.05) is 17.2 Å². The van der Waals surface area contributed by atoms with Crippen LogP contribution < -0.4 is 16.0 Å². The van der Waals surface area contributed by atoms with E-state index >= 15 is 0 Å². The zero-order chi connectivity index (χ0) is 14.3. The zero-order valence-corrected chi connectivity index (χ0v) is 12.2. The number of aromatic nitrogens is 1. The molecule has 0 radical (unpaired) electrons. The Morgan fingerprint density at radius 2 is 1.95 bits per heavy atom. The molecule has 3 N–H and O–H groups in total. The van der Waals surface area contributed by atoms with E-state index in [4.69, 9.17) is 0 Å². The molecule has 1 rings (SSSR count). The van der Waals surface area contributed by atoms with Gasteiger partial charge < -0.3 is 16.0 Å². The van der Waals surface area contributed by atoms with Gasteiger partial charge in [-0.15, -0.1) is 0 Å². The monoisotopic (exact) mass is 264 g/mol. The Hall–Kier alpha value is -1.78. The first-order valence-corrected chi connectivity index (χ1v) is 6.80. The van der Waals surface area contributed by atoms with Crippen molar-refractivity contribution < 1.29 is 4.79 Å². The predicted molar refractivity (Wildman–Crippen MR) is 79.4 cm³/mol. The molecule has 0 aliphatic rings. The van der Waals surface area contributed by atoms with Gasteiger partial charge in [0.05, 0.1) is 0 Å². The highest BCUT2D eigenvalue weighted by Gasteiger charge is 2.13. The highest BCUT2D eigenvalue weighted by atomic mass is 16.2. The molecular weight excluding hydrogens is 240 g/mol. The molecule has 1 unspecified atom stereocenters. The molecule has 0 bridgehead atoms. The van der Waals surface area contributed by atoms with Crippen LogP contribution in [0.15, 0.2) is 18.2 Å². The third-order valence-electron chi connectivity index (χ3n) is 2.49. The largest absolute Gasteiger partial charge is 0.370 e. The average Bonchev–Trinajstić information content (AvgIpc) is 2.36. The number of nitrogens with zero attached hydrogens (tertiary/aromatic N) is 1. The van der Waals surface area contributed by atoms with Crippen molar-refractivity contribution in [2.45, 2.75) is 46.2 Å². The molecule has 1 heterocycles. The lowest BCUT2D eigenvalue weighted by Gasteiger charge is -2.17. The third kappa shape index (κ3) is 5.59. The van der Waals surface area contributed by atoms with Gasteiger partial charge >= 0.3 is 0 Å². The normalized spacial score (nSPS) is 12.1. The lowest BCUT2D eigenvalue weighted by molar-refractivity contribution is -0.122. The first kappa shape index (κ1) is 15.3. The first-order chi connectivity index (χ1) is 9.02. The second kappa shape index (κ2) is 7.61. The van der Waals surface area contributed by atoms with E-state index in [1.54, 1.807) is 0 Å². The Morgan fingerprint density at radius 1 is 1.26 bits per heavy atom. The predicted octanol–water partition coefficient (Wildman–Crippen LogP) is 2.23. The van der Waals surface area contributed by atoms with Gasteiger partial charge in [0, 0.05) is 12.6 Å². The van der Waals surface area contributed by atoms with Gasteiger partial charge in [-0.05, 0) is 39.3 Å². The fraction of sp³-hybridized carbons (Fsp3) is 0.571. The second-order valence-corrected chi connectivity index (χ2v) is 4.86. The van der Waals surface area contributed by atoms with Crippen LogP contribution in [0.25, 0.3) is 0 Å². The van der Waals surface area contributed by atoms with E-state index in [9.17, 15) is 4.79 Å². The van der Waals surface area contributed by atoms with Crippen molar-refractivity contribution in [3.05, 3.63) is 18.2 Å². The number of hydrogen-bond acceptors (Lipinski definition) is 4. The van der Waals surface area contributed by atoms with Gasteiger partial charge in [0.25, 0.3) is 0 Å². The van der Waals surface area contributed by atoms with Crippen molar-refractivity contribution in [3.8, 4) is 0 Å². The van der Waals surface area contributed by atoms with Crippen LogP contribution in [0, 0.1) is 0 Å². The van der Waals surface area contributed by atoms with Gasteiger partial charge in [-0.3, -0.25) is 4.79 Å². The van der Waals surface area contributed by atoms with Gasteiger partial charge in [-0.2, -0.15) is 0 Å². The van der Waals surface area contributed by atoms with Gasteiger partial charge in [-0.1, -0.05) is 13.0 Å². The van der Waals surface area contributed by atoms with Crippen LogP contribution in [0.4, 0.5) is 11.6 Å². The van der Waals surface area contributed by atoms with Crippen LogP contribution in [-0.4, -0.2) is 29.5 Å². The molecule has 106 valence electrons. The molecule has 0 saturated heterocycles. The highest BCUT2D eigenvalue weighted by Crippen LogP contribution is 2.10. The molecule has 5 heteroatoms. The molecule has 0 aliphatic heterocycles. The number of anilines is 2. The zero-order valence-electron chi connectivity index (χ0n) is 12.2. The SMILES string of the molecule is CCCNc1cccc(NC(C)C(=O)NC(C)C)n1. The smallest absolute Gasteiger partial charge is 0.242 e. The molecule has 0 spiro atoms. The molecule has 0 aliphatic carbocycles. The van der Waals surface area contributed by atoms with Crippen LogP contribution in [0.3, 0.4) is 0 Å². The third-order valence-corrected chi connectivity index (χ3v) is 2.49. The van der Waals surface area contributed by atoms with Crippen molar-refractivity contribution in [3.63, 3.8) is 0 Å². The lowest BCUT2D eigenvalue weighted by atomic mass is 10.2. The number of pyridine rings is 1. The number of nitrogens with one attached hydrogen (secondary N) is 3. The van der Waals surface area contributed by atoms with Gasteiger partial charge in [-0.25, -0.2) is 4.98 Å². The van der Waals surface area contributed by atoms with Crippen LogP contribution in [-0.2, 0) is 4.79 Å². The lowest BCUT2D eigenvalue weighted by Crippen LogP contribution is -2.41. The van der Waals surface area contributed by atoms with Crippen molar-refractivity contribution in [1.82, 2.24) is 10.3 Å². The van der Waals surface area contributed by atoms with E-state index in [1.807, 2.05) is 39.0 Å². The standard InChI is InChI=1S/C14H24N4O/c1-5-9-15-12-7-6-8-13(18-12)17-11(4)14(19)16-10(2)3/h6-8,10-11H,5,9H2,1-4H3,(H,16,19)(H2,15,17,18). The molecule has 19 heavy (non-hydrogen) atoms. The summed E-state index contributed by atoms with van der Waals surface area (Å²) in [6.07, 6.45) is 1.05. The second-order valence-electron chi connectivity index (χ2n) is 4.86. The number of amides is 1. The molecule has 0 fully saturated rings. The van der Waals surface area contributed by atoms with Crippen molar-refractivity contribution in [1.29, 1.82) is 0 Å². The van der Waals surface area contributed by atoms with E-state index in [0.29, 0.717) is 5.82 Å². The first-order valence-electron chi connectivity index (χ1n) is 6.80. The van der Waals surface area contributed by atoms with Crippen LogP contribution in [0.2, 0.25) is 0 Å². The Kier molecular flexibility index (Phi) is 6.12. The van der Waals surface area contributed by atoms with E-state index in [1.165, 1.54) is 0 Å². The minimum absolute atomic E-state index is 0.0243. The summed E-state index contributed by atoms with van der Waals surface area (Å²) in [6.45, 7) is 8.70. The summed E-state index contributed by atoms with van der Waals surface area (Å²) in [4.78, 5) is 16.2. The summed E-state index contributed by atoms with van der Waals surface area (Å²) in [5.41, 5.74) is 0. The minimum Gasteiger partial charge on any atom is -0.370 e. The fourth-order valence-electron chi connectivity index (χ4n) is 1.56. The van der Waals surface area contributed by atoms with Crippen LogP contribution in [0.5, 0.6) is 0 Å². The van der Waals surface area contributed by atoms with Crippen LogP contribution >= 0.6 is 0 Å². The molecular formula is C14H24N4O. The summed E-state index contributed by atoms with van der Waals surface area (Å²) in [6, 6.07) is 5.52. The number of carbonyl (C=O) groups excluding carboxylic acids is 1. The van der Waals surface area contributed by atoms with Crippen molar-refractivity contribution >= 4 is 17.5 Å². The van der Waals surface area contributed by atoms with Gasteiger partial charge in [0.2, 0.25) is 5.91 Å². The number of carbonyl (C=O) groups is 1. The van der Waals surface area contributed by atoms with E-state index in [0.717, 1.165) is 18.8 Å².